The van der Waals surface area contributed by atoms with Gasteiger partial charge >= 0.3 is 37.6 Å². The van der Waals surface area contributed by atoms with Crippen molar-refractivity contribution in [1.82, 2.24) is 15.4 Å². The van der Waals surface area contributed by atoms with Crippen LogP contribution in [0.5, 0.6) is 40.2 Å². The van der Waals surface area contributed by atoms with Crippen LogP contribution >= 0.6 is 18.9 Å². The Hall–Kier alpha value is -7.56. The quantitative estimate of drug-likeness (QED) is 0.0373. The summed E-state index contributed by atoms with van der Waals surface area (Å²) in [6.45, 7) is 7.27. The van der Waals surface area contributed by atoms with Gasteiger partial charge < -0.3 is 48.5 Å². The second-order valence-corrected chi connectivity index (χ2v) is 20.1. The first kappa shape index (κ1) is 55.4. The standard InChI is InChI=1S/C45H42F3N4O17PS2/c1-23(20-50-43(57)29-8-11-35(65-25(3)53)37(13-29)67-27(5)55)63-39-15-32-16-42(72(61,62)52-22-70(59,60)69-33-10-7-31(19-49)34(17-33)45(46,47)48)71-41(32)18-40(39)64-24(2)21-51-44(58)30-9-12-36(66-26(4)54)38(14-30)68-28(6)56/h7-18,23-24,52H,20-22H2,1-6H3,(H,50,57)(H,51,58)(H,59,60). The summed E-state index contributed by atoms with van der Waals surface area (Å²) in [6.07, 6.45) is -8.02. The van der Waals surface area contributed by atoms with Crippen molar-refractivity contribution in [3.63, 3.8) is 0 Å². The van der Waals surface area contributed by atoms with Gasteiger partial charge in [-0.3, -0.25) is 28.8 Å². The molecule has 5 aromatic rings. The Bertz CT molecular complexity index is 3020. The number of nitrogens with zero attached hydrogens (tertiary/aromatic N) is 1. The predicted molar refractivity (Wildman–Crippen MR) is 247 cm³/mol. The molecule has 0 aliphatic rings. The lowest BCUT2D eigenvalue weighted by molar-refractivity contribution is -0.138. The van der Waals surface area contributed by atoms with E-state index in [1.165, 1.54) is 60.7 Å². The second-order valence-electron chi connectivity index (χ2n) is 15.2. The molecule has 2 amide bonds. The fraction of sp³-hybridized carbons (Fsp3) is 0.267. The van der Waals surface area contributed by atoms with Crippen LogP contribution in [0.15, 0.2) is 77.0 Å². The third-order valence-corrected chi connectivity index (χ3v) is 13.4. The minimum absolute atomic E-state index is 0.000923. The van der Waals surface area contributed by atoms with E-state index in [2.05, 4.69) is 10.6 Å². The highest BCUT2D eigenvalue weighted by Gasteiger charge is 2.35. The third kappa shape index (κ3) is 15.5. The van der Waals surface area contributed by atoms with Crippen molar-refractivity contribution in [3.05, 3.63) is 95.1 Å². The number of sulfonamides is 1. The van der Waals surface area contributed by atoms with E-state index in [1.807, 2.05) is 4.72 Å². The number of nitriles is 1. The van der Waals surface area contributed by atoms with Gasteiger partial charge in [-0.15, -0.1) is 11.3 Å². The SMILES string of the molecule is CC(=O)Oc1ccc(C(=O)NCC(C)Oc2cc3cc(S(=O)(=O)NCP(=O)(O)Oc4ccc(C#N)c(C(F)(F)F)c4)sc3cc2OC(C)CNC(=O)c2ccc(OC(C)=O)c(OC(C)=O)c2)cc1OC(C)=O. The van der Waals surface area contributed by atoms with Crippen molar-refractivity contribution in [2.75, 3.05) is 19.4 Å². The van der Waals surface area contributed by atoms with Crippen LogP contribution in [0.2, 0.25) is 0 Å². The van der Waals surface area contributed by atoms with Gasteiger partial charge in [0, 0.05) is 49.6 Å². The number of amides is 2. The Balaban J connectivity index is 1.38. The van der Waals surface area contributed by atoms with E-state index in [-0.39, 0.29) is 68.8 Å². The Morgan fingerprint density at radius 2 is 1.17 bits per heavy atom. The monoisotopic (exact) mass is 1060 g/mol. The van der Waals surface area contributed by atoms with Crippen molar-refractivity contribution in [2.24, 2.45) is 0 Å². The average Bonchev–Trinajstić information content (AvgIpc) is 3.71. The minimum Gasteiger partial charge on any atom is -0.485 e. The zero-order valence-electron chi connectivity index (χ0n) is 38.5. The lowest BCUT2D eigenvalue weighted by atomic mass is 10.1. The molecule has 0 saturated heterocycles. The van der Waals surface area contributed by atoms with Gasteiger partial charge in [-0.05, 0) is 86.0 Å². The number of nitrogens with one attached hydrogen (secondary N) is 3. The Labute approximate surface area is 411 Å². The Morgan fingerprint density at radius 1 is 0.694 bits per heavy atom. The van der Waals surface area contributed by atoms with Crippen LogP contribution < -0.4 is 48.3 Å². The first-order valence-electron chi connectivity index (χ1n) is 20.7. The van der Waals surface area contributed by atoms with Crippen molar-refractivity contribution in [3.8, 4) is 46.3 Å². The first-order valence-corrected chi connectivity index (χ1v) is 24.8. The summed E-state index contributed by atoms with van der Waals surface area (Å²) in [7, 11) is -9.65. The fourth-order valence-electron chi connectivity index (χ4n) is 6.13. The number of ether oxygens (including phenoxy) is 6. The van der Waals surface area contributed by atoms with Gasteiger partial charge in [-0.1, -0.05) is 0 Å². The third-order valence-electron chi connectivity index (χ3n) is 9.13. The maximum Gasteiger partial charge on any atom is 0.417 e. The predicted octanol–water partition coefficient (Wildman–Crippen LogP) is 6.39. The van der Waals surface area contributed by atoms with Gasteiger partial charge in [0.05, 0.1) is 30.3 Å². The van der Waals surface area contributed by atoms with Gasteiger partial charge in [0.1, 0.15) is 28.5 Å². The van der Waals surface area contributed by atoms with Crippen LogP contribution in [0.4, 0.5) is 13.2 Å². The number of esters is 4. The molecule has 27 heteroatoms. The molecule has 0 fully saturated rings. The van der Waals surface area contributed by atoms with E-state index in [4.69, 9.17) is 38.2 Å². The number of fused-ring (bicyclic) bond motifs is 1. The van der Waals surface area contributed by atoms with Gasteiger partial charge in [-0.2, -0.15) is 23.2 Å². The molecule has 0 aliphatic carbocycles. The molecular weight excluding hydrogens is 1020 g/mol. The van der Waals surface area contributed by atoms with Crippen LogP contribution in [-0.2, 0) is 39.9 Å². The highest BCUT2D eigenvalue weighted by molar-refractivity contribution is 7.92. The summed E-state index contributed by atoms with van der Waals surface area (Å²) >= 11 is 0.676. The number of carbonyl (C=O) groups excluding carboxylic acids is 6. The maximum absolute atomic E-state index is 13.5. The molecule has 1 heterocycles. The molecule has 0 saturated carbocycles. The van der Waals surface area contributed by atoms with E-state index in [9.17, 15) is 59.8 Å². The van der Waals surface area contributed by atoms with Crippen LogP contribution in [0.3, 0.4) is 0 Å². The molecule has 0 radical (unpaired) electrons. The molecule has 5 rings (SSSR count). The van der Waals surface area contributed by atoms with Crippen molar-refractivity contribution >= 4 is 74.7 Å². The lowest BCUT2D eigenvalue weighted by Gasteiger charge is -2.21. The normalized spacial score (nSPS) is 13.0. The average molecular weight is 1060 g/mol. The van der Waals surface area contributed by atoms with E-state index in [0.29, 0.717) is 17.4 Å². The van der Waals surface area contributed by atoms with E-state index >= 15 is 0 Å². The van der Waals surface area contributed by atoms with Crippen LogP contribution in [0, 0.1) is 11.3 Å². The van der Waals surface area contributed by atoms with Gasteiger partial charge in [-0.25, -0.2) is 13.0 Å². The molecule has 0 spiro atoms. The summed E-state index contributed by atoms with van der Waals surface area (Å²) in [5.74, 6) is -5.61. The minimum atomic E-state index is -5.02. The molecule has 21 nitrogen and oxygen atoms in total. The molecular formula is C45H42F3N4O17PS2. The van der Waals surface area contributed by atoms with Gasteiger partial charge in [0.2, 0.25) is 0 Å². The van der Waals surface area contributed by atoms with E-state index in [1.54, 1.807) is 13.8 Å². The number of halogens is 3. The number of carbonyl (C=O) groups is 6. The van der Waals surface area contributed by atoms with Crippen molar-refractivity contribution in [1.29, 1.82) is 5.26 Å². The number of hydrogen-bond acceptors (Lipinski definition) is 18. The molecule has 0 bridgehead atoms. The van der Waals surface area contributed by atoms with E-state index < -0.39 is 99.1 Å². The first-order chi connectivity index (χ1) is 33.6. The zero-order valence-corrected chi connectivity index (χ0v) is 41.1. The molecule has 0 aliphatic heterocycles. The van der Waals surface area contributed by atoms with E-state index in [0.717, 1.165) is 39.8 Å². The van der Waals surface area contributed by atoms with Crippen LogP contribution in [0.1, 0.15) is 73.4 Å². The van der Waals surface area contributed by atoms with Crippen LogP contribution in [-0.4, -0.2) is 80.6 Å². The summed E-state index contributed by atoms with van der Waals surface area (Å²) in [6, 6.07) is 14.7. The Morgan fingerprint density at radius 3 is 1.62 bits per heavy atom. The molecule has 3 unspecified atom stereocenters. The van der Waals surface area contributed by atoms with Gasteiger partial charge in [0.25, 0.3) is 21.8 Å². The number of hydrogen-bond donors (Lipinski definition) is 4. The molecule has 4 N–H and O–H groups in total. The number of rotatable bonds is 20. The molecule has 4 aromatic carbocycles. The number of thiophene rings is 1. The summed E-state index contributed by atoms with van der Waals surface area (Å²) in [4.78, 5) is 83.4. The lowest BCUT2D eigenvalue weighted by Crippen LogP contribution is -2.34. The summed E-state index contributed by atoms with van der Waals surface area (Å²) in [5, 5.41) is 14.6. The zero-order chi connectivity index (χ0) is 53.3. The summed E-state index contributed by atoms with van der Waals surface area (Å²) in [5.41, 5.74) is -2.21. The molecule has 3 atom stereocenters. The van der Waals surface area contributed by atoms with Crippen LogP contribution in [0.25, 0.3) is 10.1 Å². The van der Waals surface area contributed by atoms with Crippen molar-refractivity contribution in [2.45, 2.75) is 64.1 Å². The van der Waals surface area contributed by atoms with Crippen molar-refractivity contribution < 1.29 is 92.8 Å². The highest BCUT2D eigenvalue weighted by Crippen LogP contribution is 2.45. The maximum atomic E-state index is 13.5. The van der Waals surface area contributed by atoms with Gasteiger partial charge in [0.15, 0.2) is 34.5 Å². The molecule has 72 heavy (non-hydrogen) atoms. The number of benzene rings is 4. The molecule has 382 valence electrons. The topological polar surface area (TPSA) is 298 Å². The Kier molecular flexibility index (Phi) is 17.8. The summed E-state index contributed by atoms with van der Waals surface area (Å²) < 4.78 is 120. The molecule has 1 aromatic heterocycles. The highest BCUT2D eigenvalue weighted by atomic mass is 32.2. The largest absolute Gasteiger partial charge is 0.485 e. The fourth-order valence-corrected chi connectivity index (χ4v) is 10.1. The second kappa shape index (κ2) is 23.1. The number of alkyl halides is 3. The smallest absolute Gasteiger partial charge is 0.417 e.